The standard InChI is InChI=1S/C18H22N2O2S/c21-18(15-7-4-10-22-12-15)19-11-16-13-23-17(20-16)9-8-14-5-2-1-3-6-14/h1-3,5-6,13,15H,4,7-12H2,(H,19,21)/t15-/m0/s1. The molecule has 1 aromatic carbocycles. The van der Waals surface area contributed by atoms with E-state index in [9.17, 15) is 4.79 Å². The molecule has 1 fully saturated rings. The molecule has 23 heavy (non-hydrogen) atoms. The van der Waals surface area contributed by atoms with Crippen molar-refractivity contribution in [2.45, 2.75) is 32.2 Å². The molecule has 1 aliphatic heterocycles. The van der Waals surface area contributed by atoms with Gasteiger partial charge in [-0.2, -0.15) is 0 Å². The highest BCUT2D eigenvalue weighted by Crippen LogP contribution is 2.15. The second-order valence-corrected chi connectivity index (χ2v) is 6.79. The maximum atomic E-state index is 12.1. The van der Waals surface area contributed by atoms with Crippen LogP contribution in [0.4, 0.5) is 0 Å². The number of carbonyl (C=O) groups excluding carboxylic acids is 1. The molecule has 4 nitrogen and oxygen atoms in total. The van der Waals surface area contributed by atoms with E-state index in [2.05, 4.69) is 34.6 Å². The summed E-state index contributed by atoms with van der Waals surface area (Å²) in [5.74, 6) is 0.0865. The summed E-state index contributed by atoms with van der Waals surface area (Å²) in [5.41, 5.74) is 2.28. The lowest BCUT2D eigenvalue weighted by molar-refractivity contribution is -0.129. The topological polar surface area (TPSA) is 51.2 Å². The maximum absolute atomic E-state index is 12.1. The first-order valence-corrected chi connectivity index (χ1v) is 9.02. The number of hydrogen-bond donors (Lipinski definition) is 1. The zero-order valence-corrected chi connectivity index (χ0v) is 14.0. The van der Waals surface area contributed by atoms with Gasteiger partial charge in [0.25, 0.3) is 0 Å². The van der Waals surface area contributed by atoms with Crippen LogP contribution in [0.25, 0.3) is 0 Å². The Balaban J connectivity index is 1.44. The number of ether oxygens (including phenoxy) is 1. The summed E-state index contributed by atoms with van der Waals surface area (Å²) in [6, 6.07) is 10.4. The lowest BCUT2D eigenvalue weighted by atomic mass is 10.0. The summed E-state index contributed by atoms with van der Waals surface area (Å²) in [4.78, 5) is 16.7. The lowest BCUT2D eigenvalue weighted by Gasteiger charge is -2.20. The van der Waals surface area contributed by atoms with E-state index in [0.29, 0.717) is 13.2 Å². The molecule has 122 valence electrons. The molecule has 2 aromatic rings. The number of hydrogen-bond acceptors (Lipinski definition) is 4. The Hall–Kier alpha value is -1.72. The number of aryl methyl sites for hydroxylation is 2. The minimum Gasteiger partial charge on any atom is -0.381 e. The van der Waals surface area contributed by atoms with Crippen molar-refractivity contribution in [1.82, 2.24) is 10.3 Å². The van der Waals surface area contributed by atoms with E-state index >= 15 is 0 Å². The molecule has 1 N–H and O–H groups in total. The van der Waals surface area contributed by atoms with Gasteiger partial charge in [-0.25, -0.2) is 4.98 Å². The summed E-state index contributed by atoms with van der Waals surface area (Å²) in [7, 11) is 0. The van der Waals surface area contributed by atoms with Gasteiger partial charge in [0.15, 0.2) is 0 Å². The number of nitrogens with one attached hydrogen (secondary N) is 1. The Morgan fingerprint density at radius 3 is 2.96 bits per heavy atom. The lowest BCUT2D eigenvalue weighted by Crippen LogP contribution is -2.35. The molecule has 2 heterocycles. The van der Waals surface area contributed by atoms with Crippen molar-refractivity contribution >= 4 is 17.2 Å². The van der Waals surface area contributed by atoms with E-state index in [1.165, 1.54) is 5.56 Å². The monoisotopic (exact) mass is 330 g/mol. The summed E-state index contributed by atoms with van der Waals surface area (Å²) in [6.45, 7) is 1.84. The van der Waals surface area contributed by atoms with Crippen molar-refractivity contribution in [2.75, 3.05) is 13.2 Å². The zero-order valence-electron chi connectivity index (χ0n) is 13.2. The van der Waals surface area contributed by atoms with Gasteiger partial charge in [0.05, 0.1) is 29.8 Å². The number of carbonyl (C=O) groups is 1. The van der Waals surface area contributed by atoms with E-state index in [1.54, 1.807) is 11.3 Å². The molecule has 1 atom stereocenters. The van der Waals surface area contributed by atoms with Gasteiger partial charge in [0, 0.05) is 18.4 Å². The molecule has 0 aliphatic carbocycles. The smallest absolute Gasteiger partial charge is 0.225 e. The molecule has 1 amide bonds. The molecular formula is C18H22N2O2S. The predicted octanol–water partition coefficient (Wildman–Crippen LogP) is 2.97. The normalized spacial score (nSPS) is 17.8. The molecule has 0 unspecified atom stereocenters. The van der Waals surface area contributed by atoms with Crippen LogP contribution in [0.1, 0.15) is 29.1 Å². The fourth-order valence-corrected chi connectivity index (χ4v) is 3.51. The van der Waals surface area contributed by atoms with Crippen LogP contribution < -0.4 is 5.32 Å². The fraction of sp³-hybridized carbons (Fsp3) is 0.444. The van der Waals surface area contributed by atoms with Gasteiger partial charge in [-0.3, -0.25) is 4.79 Å². The Labute approximate surface area is 140 Å². The average Bonchev–Trinajstić information content (AvgIpc) is 3.07. The molecule has 1 aliphatic rings. The van der Waals surface area contributed by atoms with Crippen LogP contribution in [0.3, 0.4) is 0 Å². The summed E-state index contributed by atoms with van der Waals surface area (Å²) >= 11 is 1.67. The summed E-state index contributed by atoms with van der Waals surface area (Å²) in [6.07, 6.45) is 3.84. The highest BCUT2D eigenvalue weighted by Gasteiger charge is 2.21. The van der Waals surface area contributed by atoms with Crippen LogP contribution >= 0.6 is 11.3 Å². The molecule has 1 saturated heterocycles. The van der Waals surface area contributed by atoms with Gasteiger partial charge in [-0.05, 0) is 24.8 Å². The van der Waals surface area contributed by atoms with Crippen molar-refractivity contribution in [1.29, 1.82) is 0 Å². The van der Waals surface area contributed by atoms with Gasteiger partial charge >= 0.3 is 0 Å². The van der Waals surface area contributed by atoms with Crippen molar-refractivity contribution < 1.29 is 9.53 Å². The van der Waals surface area contributed by atoms with Gasteiger partial charge in [-0.15, -0.1) is 11.3 Å². The minimum atomic E-state index is -0.0000586. The van der Waals surface area contributed by atoms with E-state index in [-0.39, 0.29) is 11.8 Å². The number of thiazole rings is 1. The van der Waals surface area contributed by atoms with Crippen LogP contribution in [-0.2, 0) is 28.9 Å². The van der Waals surface area contributed by atoms with Gasteiger partial charge in [0.1, 0.15) is 0 Å². The number of nitrogens with zero attached hydrogens (tertiary/aromatic N) is 1. The third-order valence-corrected chi connectivity index (χ3v) is 5.00. The van der Waals surface area contributed by atoms with Crippen molar-refractivity contribution in [3.63, 3.8) is 0 Å². The molecule has 1 aromatic heterocycles. The fourth-order valence-electron chi connectivity index (χ4n) is 2.71. The van der Waals surface area contributed by atoms with E-state index < -0.39 is 0 Å². The van der Waals surface area contributed by atoms with Crippen LogP contribution in [0, 0.1) is 5.92 Å². The van der Waals surface area contributed by atoms with Crippen molar-refractivity contribution in [3.8, 4) is 0 Å². The van der Waals surface area contributed by atoms with Crippen LogP contribution in [-0.4, -0.2) is 24.1 Å². The largest absolute Gasteiger partial charge is 0.381 e. The number of amides is 1. The molecule has 0 radical (unpaired) electrons. The molecule has 0 spiro atoms. The van der Waals surface area contributed by atoms with Crippen molar-refractivity contribution in [3.05, 3.63) is 52.0 Å². The second kappa shape index (κ2) is 8.22. The molecule has 0 saturated carbocycles. The van der Waals surface area contributed by atoms with Crippen LogP contribution in [0.15, 0.2) is 35.7 Å². The third-order valence-electron chi connectivity index (χ3n) is 4.04. The first kappa shape index (κ1) is 16.1. The SMILES string of the molecule is O=C(NCc1csc(CCc2ccccc2)n1)[C@H]1CCCOC1. The average molecular weight is 330 g/mol. The number of benzene rings is 1. The van der Waals surface area contributed by atoms with Crippen LogP contribution in [0.2, 0.25) is 0 Å². The second-order valence-electron chi connectivity index (χ2n) is 5.85. The zero-order chi connectivity index (χ0) is 15.9. The first-order chi connectivity index (χ1) is 11.3. The molecular weight excluding hydrogens is 308 g/mol. The highest BCUT2D eigenvalue weighted by atomic mass is 32.1. The Morgan fingerprint density at radius 2 is 2.17 bits per heavy atom. The Kier molecular flexibility index (Phi) is 5.77. The first-order valence-electron chi connectivity index (χ1n) is 8.14. The highest BCUT2D eigenvalue weighted by molar-refractivity contribution is 7.09. The Morgan fingerprint density at radius 1 is 1.30 bits per heavy atom. The quantitative estimate of drug-likeness (QED) is 0.886. The summed E-state index contributed by atoms with van der Waals surface area (Å²) < 4.78 is 5.36. The Bertz CT molecular complexity index is 621. The van der Waals surface area contributed by atoms with Gasteiger partial charge < -0.3 is 10.1 Å². The number of rotatable bonds is 6. The number of aromatic nitrogens is 1. The summed E-state index contributed by atoms with van der Waals surface area (Å²) in [5, 5.41) is 6.14. The van der Waals surface area contributed by atoms with Crippen LogP contribution in [0.5, 0.6) is 0 Å². The predicted molar refractivity (Wildman–Crippen MR) is 91.4 cm³/mol. The maximum Gasteiger partial charge on any atom is 0.225 e. The van der Waals surface area contributed by atoms with Gasteiger partial charge in [0.2, 0.25) is 5.91 Å². The van der Waals surface area contributed by atoms with E-state index in [1.807, 2.05) is 11.4 Å². The van der Waals surface area contributed by atoms with E-state index in [4.69, 9.17) is 4.74 Å². The van der Waals surface area contributed by atoms with Gasteiger partial charge in [-0.1, -0.05) is 30.3 Å². The molecule has 5 heteroatoms. The third kappa shape index (κ3) is 4.88. The molecule has 0 bridgehead atoms. The molecule has 3 rings (SSSR count). The van der Waals surface area contributed by atoms with Crippen molar-refractivity contribution in [2.24, 2.45) is 5.92 Å². The van der Waals surface area contributed by atoms with E-state index in [0.717, 1.165) is 43.0 Å². The minimum absolute atomic E-state index is 0.0000586.